The fourth-order valence-electron chi connectivity index (χ4n) is 4.39. The number of aromatic nitrogens is 3. The lowest BCUT2D eigenvalue weighted by molar-refractivity contribution is 0.173. The lowest BCUT2D eigenvalue weighted by Gasteiger charge is -2.16. The monoisotopic (exact) mass is 423 g/mol. The maximum absolute atomic E-state index is 5.65. The third-order valence-corrected chi connectivity index (χ3v) is 5.94. The number of rotatable bonds is 3. The molecule has 0 spiro atoms. The third kappa shape index (κ3) is 2.61. The van der Waals surface area contributed by atoms with Crippen molar-refractivity contribution in [2.45, 2.75) is 6.54 Å². The van der Waals surface area contributed by atoms with Crippen molar-refractivity contribution in [1.82, 2.24) is 14.8 Å². The molecule has 156 valence electrons. The maximum Gasteiger partial charge on any atom is 0.231 e. The molecule has 3 aromatic carbocycles. The molecule has 0 radical (unpaired) electrons. The molecule has 4 aliphatic rings. The van der Waals surface area contributed by atoms with Gasteiger partial charge in [-0.15, -0.1) is 10.2 Å². The highest BCUT2D eigenvalue weighted by Gasteiger charge is 2.25. The number of hydrogen-bond donors (Lipinski definition) is 0. The summed E-state index contributed by atoms with van der Waals surface area (Å²) in [4.78, 5) is 0. The fraction of sp³-hybridized carbons (Fsp3) is 0.120. The van der Waals surface area contributed by atoms with E-state index in [4.69, 9.17) is 18.9 Å². The zero-order chi connectivity index (χ0) is 21.1. The Morgan fingerprint density at radius 2 is 1.44 bits per heavy atom. The first-order valence-electron chi connectivity index (χ1n) is 10.4. The summed E-state index contributed by atoms with van der Waals surface area (Å²) in [5.74, 6) is 2.94. The van der Waals surface area contributed by atoms with E-state index in [1.165, 1.54) is 5.56 Å². The molecule has 7 nitrogen and oxygen atoms in total. The van der Waals surface area contributed by atoms with Crippen LogP contribution in [0, 0.1) is 0 Å². The minimum atomic E-state index is 0.225. The Kier molecular flexibility index (Phi) is 3.60. The van der Waals surface area contributed by atoms with Gasteiger partial charge in [0.1, 0.15) is 11.4 Å². The lowest BCUT2D eigenvalue weighted by Crippen LogP contribution is -2.04. The van der Waals surface area contributed by atoms with E-state index in [0.717, 1.165) is 56.4 Å². The maximum atomic E-state index is 5.65. The second-order valence-electron chi connectivity index (χ2n) is 7.84. The molecule has 4 aliphatic heterocycles. The summed E-state index contributed by atoms with van der Waals surface area (Å²) in [5.41, 5.74) is 5.75. The Morgan fingerprint density at radius 3 is 2.28 bits per heavy atom. The van der Waals surface area contributed by atoms with Crippen LogP contribution in [-0.2, 0) is 6.54 Å². The standard InChI is InChI=1S/C25H17N3O4/c1-2-4-15(5-3-1)11-28-12-18-24(16-6-7-20-21(8-16)30-13-29-20)26-27-25(18)17-9-22-23(10-19(17)28)32-14-31-22/h1-10,12H,11,13-14H2. The molecule has 0 saturated heterocycles. The molecule has 7 rings (SSSR count). The molecule has 0 atom stereocenters. The molecular weight excluding hydrogens is 406 g/mol. The van der Waals surface area contributed by atoms with Crippen molar-refractivity contribution in [1.29, 1.82) is 0 Å². The topological polar surface area (TPSA) is 67.6 Å². The zero-order valence-corrected chi connectivity index (χ0v) is 16.9. The molecule has 0 unspecified atom stereocenters. The van der Waals surface area contributed by atoms with Gasteiger partial charge in [0.05, 0.1) is 5.52 Å². The van der Waals surface area contributed by atoms with Crippen LogP contribution in [-0.4, -0.2) is 28.4 Å². The average Bonchev–Trinajstić information content (AvgIpc) is 3.57. The van der Waals surface area contributed by atoms with Gasteiger partial charge in [-0.05, 0) is 29.8 Å². The van der Waals surface area contributed by atoms with Crippen LogP contribution in [0.25, 0.3) is 33.4 Å². The van der Waals surface area contributed by atoms with E-state index in [9.17, 15) is 0 Å². The molecule has 0 aliphatic carbocycles. The molecule has 4 heterocycles. The van der Waals surface area contributed by atoms with Gasteiger partial charge in [0.15, 0.2) is 23.0 Å². The van der Waals surface area contributed by atoms with Gasteiger partial charge >= 0.3 is 0 Å². The summed E-state index contributed by atoms with van der Waals surface area (Å²) in [7, 11) is 0. The van der Waals surface area contributed by atoms with Crippen molar-refractivity contribution < 1.29 is 18.9 Å². The van der Waals surface area contributed by atoms with E-state index in [-0.39, 0.29) is 13.6 Å². The summed E-state index contributed by atoms with van der Waals surface area (Å²) in [5, 5.41) is 10.1. The van der Waals surface area contributed by atoms with Crippen molar-refractivity contribution >= 4 is 10.9 Å². The van der Waals surface area contributed by atoms with Gasteiger partial charge in [-0.2, -0.15) is 0 Å². The number of hydrogen-bond acceptors (Lipinski definition) is 6. The highest BCUT2D eigenvalue weighted by molar-refractivity contribution is 5.99. The molecule has 7 heteroatoms. The highest BCUT2D eigenvalue weighted by atomic mass is 16.7. The van der Waals surface area contributed by atoms with Crippen molar-refractivity contribution in [2.75, 3.05) is 13.6 Å². The van der Waals surface area contributed by atoms with Crippen LogP contribution >= 0.6 is 0 Å². The van der Waals surface area contributed by atoms with E-state index in [2.05, 4.69) is 45.2 Å². The van der Waals surface area contributed by atoms with E-state index < -0.39 is 0 Å². The van der Waals surface area contributed by atoms with Crippen molar-refractivity contribution in [3.8, 4) is 45.5 Å². The van der Waals surface area contributed by atoms with Gasteiger partial charge in [0.25, 0.3) is 0 Å². The summed E-state index contributed by atoms with van der Waals surface area (Å²) >= 11 is 0. The van der Waals surface area contributed by atoms with Crippen LogP contribution in [0.4, 0.5) is 0 Å². The number of benzene rings is 3. The molecular formula is C25H17N3O4. The Labute approximate surface area is 183 Å². The second-order valence-corrected chi connectivity index (χ2v) is 7.84. The Bertz CT molecular complexity index is 1460. The molecule has 0 saturated carbocycles. The Morgan fingerprint density at radius 1 is 0.719 bits per heavy atom. The average molecular weight is 423 g/mol. The van der Waals surface area contributed by atoms with Crippen LogP contribution in [0.1, 0.15) is 5.56 Å². The number of ether oxygens (including phenoxy) is 4. The van der Waals surface area contributed by atoms with Crippen LogP contribution in [0.2, 0.25) is 0 Å². The van der Waals surface area contributed by atoms with Gasteiger partial charge in [-0.3, -0.25) is 0 Å². The fourth-order valence-corrected chi connectivity index (χ4v) is 4.39. The second kappa shape index (κ2) is 6.62. The van der Waals surface area contributed by atoms with Gasteiger partial charge in [0.2, 0.25) is 13.6 Å². The van der Waals surface area contributed by atoms with Crippen LogP contribution in [0.5, 0.6) is 23.0 Å². The molecule has 3 aromatic rings. The highest BCUT2D eigenvalue weighted by Crippen LogP contribution is 2.44. The lowest BCUT2D eigenvalue weighted by atomic mass is 10.0. The predicted molar refractivity (Wildman–Crippen MR) is 117 cm³/mol. The molecule has 0 fully saturated rings. The zero-order valence-electron chi connectivity index (χ0n) is 16.9. The van der Waals surface area contributed by atoms with Crippen LogP contribution in [0.3, 0.4) is 0 Å². The minimum Gasteiger partial charge on any atom is -0.454 e. The van der Waals surface area contributed by atoms with Gasteiger partial charge in [0, 0.05) is 35.3 Å². The van der Waals surface area contributed by atoms with Crippen LogP contribution in [0.15, 0.2) is 66.9 Å². The van der Waals surface area contributed by atoms with Gasteiger partial charge in [-0.1, -0.05) is 30.3 Å². The minimum absolute atomic E-state index is 0.225. The summed E-state index contributed by atoms with van der Waals surface area (Å²) < 4.78 is 24.5. The van der Waals surface area contributed by atoms with Gasteiger partial charge in [-0.25, -0.2) is 0 Å². The van der Waals surface area contributed by atoms with Crippen LogP contribution < -0.4 is 18.9 Å². The number of pyridine rings is 1. The SMILES string of the molecule is c1ccc(Cn2cc3c(-c4ccc5c(c4)OCO5)nnc-3c3cc4c(cc32)OCO4)cc1. The first-order valence-corrected chi connectivity index (χ1v) is 10.4. The molecule has 0 bridgehead atoms. The summed E-state index contributed by atoms with van der Waals surface area (Å²) in [6.45, 7) is 1.17. The van der Waals surface area contributed by atoms with Crippen molar-refractivity contribution in [2.24, 2.45) is 0 Å². The first kappa shape index (κ1) is 17.4. The van der Waals surface area contributed by atoms with Crippen molar-refractivity contribution in [3.05, 3.63) is 72.4 Å². The Hall–Kier alpha value is -4.26. The summed E-state index contributed by atoms with van der Waals surface area (Å²) in [6.07, 6.45) is 2.12. The quantitative estimate of drug-likeness (QED) is 0.419. The normalized spacial score (nSPS) is 13.9. The first-order chi connectivity index (χ1) is 15.8. The van der Waals surface area contributed by atoms with Crippen molar-refractivity contribution in [3.63, 3.8) is 0 Å². The van der Waals surface area contributed by atoms with E-state index in [1.54, 1.807) is 0 Å². The summed E-state index contributed by atoms with van der Waals surface area (Å²) in [6, 6.07) is 20.2. The molecule has 32 heavy (non-hydrogen) atoms. The Balaban J connectivity index is 1.46. The molecule has 0 N–H and O–H groups in total. The predicted octanol–water partition coefficient (Wildman–Crippen LogP) is 4.71. The molecule has 0 amide bonds. The number of fused-ring (bicyclic) bond motifs is 5. The molecule has 0 aromatic heterocycles. The number of nitrogens with zero attached hydrogens (tertiary/aromatic N) is 3. The smallest absolute Gasteiger partial charge is 0.231 e. The van der Waals surface area contributed by atoms with E-state index in [1.807, 2.05) is 36.4 Å². The van der Waals surface area contributed by atoms with Gasteiger partial charge < -0.3 is 23.5 Å². The van der Waals surface area contributed by atoms with E-state index >= 15 is 0 Å². The third-order valence-electron chi connectivity index (χ3n) is 5.94. The van der Waals surface area contributed by atoms with E-state index in [0.29, 0.717) is 6.54 Å². The largest absolute Gasteiger partial charge is 0.454 e.